The van der Waals surface area contributed by atoms with Gasteiger partial charge in [0.05, 0.1) is 18.4 Å². The van der Waals surface area contributed by atoms with Crippen LogP contribution in [-0.4, -0.2) is 50.5 Å². The largest absolute Gasteiger partial charge is 0.490 e. The number of carbonyl (C=O) groups is 1. The van der Waals surface area contributed by atoms with Crippen molar-refractivity contribution in [2.45, 2.75) is 68.6 Å². The maximum absolute atomic E-state index is 13.2. The van der Waals surface area contributed by atoms with E-state index in [0.29, 0.717) is 24.2 Å². The lowest BCUT2D eigenvalue weighted by Crippen LogP contribution is -2.48. The molecular weight excluding hydrogens is 548 g/mol. The molecule has 2 bridgehead atoms. The molecule has 40 heavy (non-hydrogen) atoms. The Morgan fingerprint density at radius 3 is 2.70 bits per heavy atom. The van der Waals surface area contributed by atoms with Crippen LogP contribution >= 0.6 is 11.6 Å². The Bertz CT molecular complexity index is 1440. The van der Waals surface area contributed by atoms with E-state index >= 15 is 0 Å². The Balaban J connectivity index is 1.41. The minimum absolute atomic E-state index is 0.214. The maximum atomic E-state index is 13.2. The third-order valence-electron chi connectivity index (χ3n) is 9.58. The van der Waals surface area contributed by atoms with E-state index in [0.717, 1.165) is 62.3 Å². The van der Waals surface area contributed by atoms with Crippen molar-refractivity contribution < 1.29 is 23.1 Å². The number of benzene rings is 2. The van der Waals surface area contributed by atoms with Crippen molar-refractivity contribution in [3.05, 3.63) is 70.3 Å². The van der Waals surface area contributed by atoms with Crippen molar-refractivity contribution in [2.24, 2.45) is 11.8 Å². The quantitative estimate of drug-likeness (QED) is 0.423. The number of sulfonamides is 1. The number of aliphatic hydroxyl groups excluding tert-OH is 1. The zero-order valence-corrected chi connectivity index (χ0v) is 24.4. The zero-order valence-electron chi connectivity index (χ0n) is 22.8. The maximum Gasteiger partial charge on any atom is 0.264 e. The van der Waals surface area contributed by atoms with Crippen molar-refractivity contribution in [2.75, 3.05) is 24.6 Å². The monoisotopic (exact) mass is 584 g/mol. The second-order valence-corrected chi connectivity index (χ2v) is 14.6. The van der Waals surface area contributed by atoms with Gasteiger partial charge in [0, 0.05) is 29.1 Å². The Morgan fingerprint density at radius 1 is 1.10 bits per heavy atom. The van der Waals surface area contributed by atoms with Crippen LogP contribution in [-0.2, 0) is 21.9 Å². The first kappa shape index (κ1) is 27.6. The average Bonchev–Trinajstić information content (AvgIpc) is 3.06. The Morgan fingerprint density at radius 2 is 1.90 bits per heavy atom. The first-order valence-corrected chi connectivity index (χ1v) is 16.3. The summed E-state index contributed by atoms with van der Waals surface area (Å²) in [6.07, 6.45) is 9.29. The van der Waals surface area contributed by atoms with Gasteiger partial charge in [0.15, 0.2) is 0 Å². The number of anilines is 1. The fourth-order valence-electron chi connectivity index (χ4n) is 6.91. The summed E-state index contributed by atoms with van der Waals surface area (Å²) >= 11 is 6.37. The molecule has 6 rings (SSSR count). The number of allylic oxidation sites excluding steroid dienone is 1. The standard InChI is InChI=1S/C31H37ClN2O5S/c1-20-28(35)7-3-2-5-21-8-9-24(21)17-34-18-31(14-4-6-22-15-25(32)11-12-26(22)31)19-39-29-13-10-23(16-27(29)34)30(36)33-40(20,37)38/h2-3,10-13,15-16,20-21,24,28,35H,4-9,14,17-19H2,1H3,(H,33,36)/b3-2+/t20-,21-,24+,28-,31+/m1/s1. The summed E-state index contributed by atoms with van der Waals surface area (Å²) in [6, 6.07) is 11.4. The van der Waals surface area contributed by atoms with Gasteiger partial charge < -0.3 is 14.7 Å². The molecule has 4 aliphatic rings. The van der Waals surface area contributed by atoms with Gasteiger partial charge in [-0.15, -0.1) is 0 Å². The molecule has 1 amide bonds. The lowest BCUT2D eigenvalue weighted by Gasteiger charge is -2.44. The van der Waals surface area contributed by atoms with Crippen LogP contribution in [0.4, 0.5) is 5.69 Å². The fraction of sp³-hybridized carbons (Fsp3) is 0.516. The van der Waals surface area contributed by atoms with Crippen LogP contribution < -0.4 is 14.4 Å². The number of nitrogens with one attached hydrogen (secondary N) is 1. The Hall–Kier alpha value is -2.55. The molecule has 1 spiro atoms. The number of hydrogen-bond acceptors (Lipinski definition) is 6. The summed E-state index contributed by atoms with van der Waals surface area (Å²) in [7, 11) is -4.08. The van der Waals surface area contributed by atoms with E-state index in [1.165, 1.54) is 18.1 Å². The smallest absolute Gasteiger partial charge is 0.264 e. The predicted octanol–water partition coefficient (Wildman–Crippen LogP) is 5.00. The van der Waals surface area contributed by atoms with Crippen molar-refractivity contribution >= 4 is 33.2 Å². The van der Waals surface area contributed by atoms with E-state index in [2.05, 4.69) is 27.8 Å². The third-order valence-corrected chi connectivity index (χ3v) is 11.6. The van der Waals surface area contributed by atoms with Gasteiger partial charge in [-0.05, 0) is 105 Å². The normalized spacial score (nSPS) is 32.5. The molecular formula is C31H37ClN2O5S. The number of rotatable bonds is 0. The van der Waals surface area contributed by atoms with Gasteiger partial charge in [-0.2, -0.15) is 0 Å². The highest BCUT2D eigenvalue weighted by Gasteiger charge is 2.43. The molecule has 214 valence electrons. The van der Waals surface area contributed by atoms with E-state index in [4.69, 9.17) is 16.3 Å². The van der Waals surface area contributed by atoms with Gasteiger partial charge in [-0.3, -0.25) is 4.79 Å². The number of amides is 1. The zero-order chi connectivity index (χ0) is 28.1. The van der Waals surface area contributed by atoms with Gasteiger partial charge in [-0.25, -0.2) is 13.1 Å². The summed E-state index contributed by atoms with van der Waals surface area (Å²) in [4.78, 5) is 15.6. The second-order valence-electron chi connectivity index (χ2n) is 12.1. The molecule has 0 aromatic heterocycles. The van der Waals surface area contributed by atoms with E-state index in [9.17, 15) is 18.3 Å². The minimum atomic E-state index is -4.08. The van der Waals surface area contributed by atoms with Gasteiger partial charge in [0.25, 0.3) is 5.91 Å². The predicted molar refractivity (Wildman–Crippen MR) is 157 cm³/mol. The highest BCUT2D eigenvalue weighted by Crippen LogP contribution is 2.46. The topological polar surface area (TPSA) is 95.9 Å². The lowest BCUT2D eigenvalue weighted by atomic mass is 9.69. The van der Waals surface area contributed by atoms with Crippen LogP contribution in [0.1, 0.15) is 66.9 Å². The highest BCUT2D eigenvalue weighted by atomic mass is 35.5. The molecule has 5 atom stereocenters. The number of ether oxygens (including phenoxy) is 1. The Kier molecular flexibility index (Phi) is 7.38. The number of nitrogens with zero attached hydrogens (tertiary/aromatic N) is 1. The van der Waals surface area contributed by atoms with Crippen LogP contribution in [0, 0.1) is 11.8 Å². The molecule has 0 radical (unpaired) electrons. The van der Waals surface area contributed by atoms with Crippen molar-refractivity contribution in [1.29, 1.82) is 0 Å². The van der Waals surface area contributed by atoms with Crippen molar-refractivity contribution in [1.82, 2.24) is 4.72 Å². The molecule has 2 heterocycles. The van der Waals surface area contributed by atoms with Crippen LogP contribution in [0.2, 0.25) is 5.02 Å². The minimum Gasteiger partial charge on any atom is -0.490 e. The van der Waals surface area contributed by atoms with Crippen LogP contribution in [0.15, 0.2) is 48.6 Å². The Labute approximate surface area is 241 Å². The summed E-state index contributed by atoms with van der Waals surface area (Å²) in [6.45, 7) is 3.54. The third kappa shape index (κ3) is 5.14. The second kappa shape index (κ2) is 10.7. The number of aliphatic hydroxyl groups is 1. The SMILES string of the molecule is C[C@@H]1[C@H](O)C/C=C/C[C@@H]2CC[C@H]2CN2C[C@@]3(CCCc4cc(Cl)ccc43)COc3ccc(cc32)C(=O)NS1(=O)=O. The fourth-order valence-corrected chi connectivity index (χ4v) is 8.19. The molecule has 2 aromatic rings. The molecule has 0 saturated heterocycles. The molecule has 7 nitrogen and oxygen atoms in total. The van der Waals surface area contributed by atoms with E-state index < -0.39 is 27.3 Å². The molecule has 1 saturated carbocycles. The summed E-state index contributed by atoms with van der Waals surface area (Å²) in [5, 5.41) is 10.1. The van der Waals surface area contributed by atoms with Crippen molar-refractivity contribution in [3.63, 3.8) is 0 Å². The molecule has 2 N–H and O–H groups in total. The first-order valence-electron chi connectivity index (χ1n) is 14.3. The average molecular weight is 585 g/mol. The molecule has 2 aromatic carbocycles. The summed E-state index contributed by atoms with van der Waals surface area (Å²) in [5.74, 6) is 1.02. The van der Waals surface area contributed by atoms with Crippen LogP contribution in [0.3, 0.4) is 0 Å². The lowest BCUT2D eigenvalue weighted by molar-refractivity contribution is 0.0980. The van der Waals surface area contributed by atoms with Gasteiger partial charge in [0.2, 0.25) is 10.0 Å². The summed E-state index contributed by atoms with van der Waals surface area (Å²) < 4.78 is 34.6. The number of halogens is 1. The van der Waals surface area contributed by atoms with Crippen LogP contribution in [0.25, 0.3) is 0 Å². The molecule has 2 aliphatic heterocycles. The van der Waals surface area contributed by atoms with Crippen LogP contribution in [0.5, 0.6) is 5.75 Å². The molecule has 1 fully saturated rings. The first-order chi connectivity index (χ1) is 19.1. The summed E-state index contributed by atoms with van der Waals surface area (Å²) in [5.41, 5.74) is 3.42. The van der Waals surface area contributed by atoms with E-state index in [1.807, 2.05) is 12.1 Å². The van der Waals surface area contributed by atoms with E-state index in [1.54, 1.807) is 18.2 Å². The van der Waals surface area contributed by atoms with Gasteiger partial charge in [0.1, 0.15) is 11.0 Å². The molecule has 0 unspecified atom stereocenters. The van der Waals surface area contributed by atoms with E-state index in [-0.39, 0.29) is 17.4 Å². The molecule has 2 aliphatic carbocycles. The van der Waals surface area contributed by atoms with Gasteiger partial charge >= 0.3 is 0 Å². The van der Waals surface area contributed by atoms with Gasteiger partial charge in [-0.1, -0.05) is 29.8 Å². The molecule has 9 heteroatoms. The number of fused-ring (bicyclic) bond motifs is 4. The van der Waals surface area contributed by atoms with Crippen molar-refractivity contribution in [3.8, 4) is 5.75 Å². The number of carbonyl (C=O) groups excluding carboxylic acids is 1. The number of aryl methyl sites for hydroxylation is 1. The number of hydrogen-bond donors (Lipinski definition) is 2. The highest BCUT2D eigenvalue weighted by molar-refractivity contribution is 7.90.